The molecule has 3 unspecified atom stereocenters. The van der Waals surface area contributed by atoms with Crippen LogP contribution in [-0.4, -0.2) is 44.8 Å². The normalized spacial score (nSPS) is 22.4. The lowest BCUT2D eigenvalue weighted by Crippen LogP contribution is -2.41. The Hall–Kier alpha value is -0.900. The molecule has 1 aromatic rings. The van der Waals surface area contributed by atoms with E-state index in [0.29, 0.717) is 18.0 Å². The van der Waals surface area contributed by atoms with Gasteiger partial charge in [-0.25, -0.2) is 0 Å². The second kappa shape index (κ2) is 7.92. The molecule has 0 saturated carbocycles. The Kier molecular flexibility index (Phi) is 6.22. The van der Waals surface area contributed by atoms with Gasteiger partial charge in [-0.05, 0) is 50.4 Å². The predicted octanol–water partition coefficient (Wildman–Crippen LogP) is 2.87. The minimum Gasteiger partial charge on any atom is -0.384 e. The summed E-state index contributed by atoms with van der Waals surface area (Å²) in [6, 6.07) is 9.95. The van der Waals surface area contributed by atoms with Gasteiger partial charge in [-0.1, -0.05) is 31.2 Å². The Balaban J connectivity index is 2.02. The fraction of sp³-hybridized carbons (Fsp3) is 0.667. The molecule has 1 aliphatic heterocycles. The minimum absolute atomic E-state index is 0.386. The topological polar surface area (TPSA) is 24.5 Å². The van der Waals surface area contributed by atoms with Crippen molar-refractivity contribution in [2.75, 3.05) is 33.9 Å². The maximum absolute atomic E-state index is 5.31. The van der Waals surface area contributed by atoms with Crippen molar-refractivity contribution < 1.29 is 4.74 Å². The van der Waals surface area contributed by atoms with E-state index in [0.717, 1.165) is 19.6 Å². The first kappa shape index (κ1) is 16.5. The molecule has 3 atom stereocenters. The first-order valence-electron chi connectivity index (χ1n) is 8.18. The third-order valence-electron chi connectivity index (χ3n) is 4.84. The van der Waals surface area contributed by atoms with Crippen LogP contribution in [0.2, 0.25) is 0 Å². The van der Waals surface area contributed by atoms with Gasteiger partial charge in [-0.15, -0.1) is 0 Å². The van der Waals surface area contributed by atoms with E-state index < -0.39 is 0 Å². The van der Waals surface area contributed by atoms with E-state index in [1.54, 1.807) is 7.11 Å². The third-order valence-corrected chi connectivity index (χ3v) is 4.84. The maximum Gasteiger partial charge on any atom is 0.0503 e. The van der Waals surface area contributed by atoms with Crippen LogP contribution in [0.15, 0.2) is 24.3 Å². The zero-order valence-corrected chi connectivity index (χ0v) is 13.9. The molecule has 1 N–H and O–H groups in total. The summed E-state index contributed by atoms with van der Waals surface area (Å²) in [5.41, 5.74) is 2.79. The van der Waals surface area contributed by atoms with Gasteiger partial charge in [0.25, 0.3) is 0 Å². The summed E-state index contributed by atoms with van der Waals surface area (Å²) < 4.78 is 5.31. The van der Waals surface area contributed by atoms with E-state index in [-0.39, 0.29) is 0 Å². The van der Waals surface area contributed by atoms with Crippen molar-refractivity contribution in [2.24, 2.45) is 5.92 Å². The number of likely N-dealkylation sites (tertiary alicyclic amines) is 1. The molecule has 0 spiro atoms. The van der Waals surface area contributed by atoms with E-state index in [1.807, 2.05) is 0 Å². The van der Waals surface area contributed by atoms with E-state index >= 15 is 0 Å². The summed E-state index contributed by atoms with van der Waals surface area (Å²) in [6.45, 7) is 7.76. The van der Waals surface area contributed by atoms with Gasteiger partial charge < -0.3 is 10.1 Å². The smallest absolute Gasteiger partial charge is 0.0503 e. The van der Waals surface area contributed by atoms with Crippen LogP contribution in [-0.2, 0) is 11.2 Å². The first-order chi connectivity index (χ1) is 10.2. The average Bonchev–Trinajstić information content (AvgIpc) is 2.97. The van der Waals surface area contributed by atoms with E-state index in [9.17, 15) is 0 Å². The highest BCUT2D eigenvalue weighted by molar-refractivity contribution is 5.26. The first-order valence-corrected chi connectivity index (χ1v) is 8.18. The lowest BCUT2D eigenvalue weighted by Gasteiger charge is -2.32. The number of hydrogen-bond acceptors (Lipinski definition) is 3. The predicted molar refractivity (Wildman–Crippen MR) is 88.6 cm³/mol. The van der Waals surface area contributed by atoms with Crippen molar-refractivity contribution in [2.45, 2.75) is 38.8 Å². The molecule has 118 valence electrons. The van der Waals surface area contributed by atoms with Crippen LogP contribution < -0.4 is 5.32 Å². The summed E-state index contributed by atoms with van der Waals surface area (Å²) in [4.78, 5) is 2.60. The molecule has 1 heterocycles. The van der Waals surface area contributed by atoms with Crippen LogP contribution in [0.3, 0.4) is 0 Å². The lowest BCUT2D eigenvalue weighted by molar-refractivity contribution is 0.143. The Morgan fingerprint density at radius 2 is 2.05 bits per heavy atom. The SMILES string of the molecule is CCc1ccc(C(NC)C(C)N2CCC(COC)C2)cc1. The van der Waals surface area contributed by atoms with Gasteiger partial charge in [0.05, 0.1) is 6.61 Å². The van der Waals surface area contributed by atoms with E-state index in [1.165, 1.54) is 24.1 Å². The number of methoxy groups -OCH3 is 1. The molecule has 0 radical (unpaired) electrons. The summed E-state index contributed by atoms with van der Waals surface area (Å²) in [6.07, 6.45) is 2.36. The van der Waals surface area contributed by atoms with Crippen LogP contribution in [0.25, 0.3) is 0 Å². The van der Waals surface area contributed by atoms with Gasteiger partial charge in [0.1, 0.15) is 0 Å². The second-order valence-electron chi connectivity index (χ2n) is 6.21. The number of aryl methyl sites for hydroxylation is 1. The molecular formula is C18H30N2O. The van der Waals surface area contributed by atoms with Crippen molar-refractivity contribution in [3.63, 3.8) is 0 Å². The number of ether oxygens (including phenoxy) is 1. The number of rotatable bonds is 7. The summed E-state index contributed by atoms with van der Waals surface area (Å²) in [7, 11) is 3.87. The van der Waals surface area contributed by atoms with Gasteiger partial charge in [-0.3, -0.25) is 4.90 Å². The number of nitrogens with zero attached hydrogens (tertiary/aromatic N) is 1. The Labute approximate surface area is 129 Å². The third kappa shape index (κ3) is 4.06. The molecule has 0 bridgehead atoms. The quantitative estimate of drug-likeness (QED) is 0.835. The van der Waals surface area contributed by atoms with Crippen molar-refractivity contribution in [3.05, 3.63) is 35.4 Å². The van der Waals surface area contributed by atoms with Gasteiger partial charge >= 0.3 is 0 Å². The Morgan fingerprint density at radius 3 is 2.62 bits per heavy atom. The highest BCUT2D eigenvalue weighted by Crippen LogP contribution is 2.26. The van der Waals surface area contributed by atoms with Gasteiger partial charge in [-0.2, -0.15) is 0 Å². The van der Waals surface area contributed by atoms with Crippen LogP contribution in [0.4, 0.5) is 0 Å². The van der Waals surface area contributed by atoms with Crippen molar-refractivity contribution in [1.82, 2.24) is 10.2 Å². The van der Waals surface area contributed by atoms with Gasteiger partial charge in [0.15, 0.2) is 0 Å². The zero-order valence-electron chi connectivity index (χ0n) is 13.9. The summed E-state index contributed by atoms with van der Waals surface area (Å²) >= 11 is 0. The molecule has 1 fully saturated rings. The van der Waals surface area contributed by atoms with Gasteiger partial charge in [0.2, 0.25) is 0 Å². The Morgan fingerprint density at radius 1 is 1.33 bits per heavy atom. The number of hydrogen-bond donors (Lipinski definition) is 1. The number of likely N-dealkylation sites (N-methyl/N-ethyl adjacent to an activating group) is 1. The molecule has 1 saturated heterocycles. The lowest BCUT2D eigenvalue weighted by atomic mass is 9.98. The van der Waals surface area contributed by atoms with Crippen LogP contribution in [0.1, 0.15) is 37.4 Å². The monoisotopic (exact) mass is 290 g/mol. The fourth-order valence-corrected chi connectivity index (χ4v) is 3.46. The zero-order chi connectivity index (χ0) is 15.2. The van der Waals surface area contributed by atoms with E-state index in [2.05, 4.69) is 55.4 Å². The van der Waals surface area contributed by atoms with Crippen molar-refractivity contribution in [1.29, 1.82) is 0 Å². The molecule has 1 aliphatic rings. The molecule has 1 aromatic carbocycles. The molecule has 3 heteroatoms. The maximum atomic E-state index is 5.31. The van der Waals surface area contributed by atoms with E-state index in [4.69, 9.17) is 4.74 Å². The fourth-order valence-electron chi connectivity index (χ4n) is 3.46. The molecule has 21 heavy (non-hydrogen) atoms. The average molecular weight is 290 g/mol. The minimum atomic E-state index is 0.386. The largest absolute Gasteiger partial charge is 0.384 e. The van der Waals surface area contributed by atoms with Crippen molar-refractivity contribution >= 4 is 0 Å². The van der Waals surface area contributed by atoms with Gasteiger partial charge in [0, 0.05) is 25.7 Å². The standard InChI is InChI=1S/C18H30N2O/c1-5-15-6-8-17(9-7-15)18(19-3)14(2)20-11-10-16(12-20)13-21-4/h6-9,14,16,18-19H,5,10-13H2,1-4H3. The number of benzene rings is 1. The summed E-state index contributed by atoms with van der Waals surface area (Å²) in [5.74, 6) is 0.692. The highest BCUT2D eigenvalue weighted by atomic mass is 16.5. The molecule has 0 aromatic heterocycles. The second-order valence-corrected chi connectivity index (χ2v) is 6.21. The molecular weight excluding hydrogens is 260 g/mol. The molecule has 2 rings (SSSR count). The Bertz CT molecular complexity index is 418. The van der Waals surface area contributed by atoms with Crippen LogP contribution in [0.5, 0.6) is 0 Å². The van der Waals surface area contributed by atoms with Crippen LogP contribution >= 0.6 is 0 Å². The highest BCUT2D eigenvalue weighted by Gasteiger charge is 2.30. The van der Waals surface area contributed by atoms with Crippen LogP contribution in [0, 0.1) is 5.92 Å². The molecule has 0 amide bonds. The number of nitrogens with one attached hydrogen (secondary N) is 1. The summed E-state index contributed by atoms with van der Waals surface area (Å²) in [5, 5.41) is 3.51. The molecule has 0 aliphatic carbocycles. The van der Waals surface area contributed by atoms with Crippen molar-refractivity contribution in [3.8, 4) is 0 Å². The molecule has 3 nitrogen and oxygen atoms in total.